The molecule has 2 aliphatic rings. The molecule has 0 amide bonds. The average Bonchev–Trinajstić information content (AvgIpc) is 3.17. The summed E-state index contributed by atoms with van der Waals surface area (Å²) in [4.78, 5) is 14.8. The zero-order valence-corrected chi connectivity index (χ0v) is 12.3. The summed E-state index contributed by atoms with van der Waals surface area (Å²) in [5, 5.41) is 0. The molecule has 0 radical (unpaired) electrons. The summed E-state index contributed by atoms with van der Waals surface area (Å²) < 4.78 is 12.1. The molecule has 6 heteroatoms. The third-order valence-electron chi connectivity index (χ3n) is 4.30. The fraction of sp³-hybridized carbons (Fsp3) is 0.438. The van der Waals surface area contributed by atoms with Gasteiger partial charge < -0.3 is 14.4 Å². The Kier molecular flexibility index (Phi) is 3.38. The Morgan fingerprint density at radius 2 is 2.18 bits per heavy atom. The number of aromatic nitrogens is 3. The highest BCUT2D eigenvalue weighted by molar-refractivity contribution is 5.38. The highest BCUT2D eigenvalue weighted by Gasteiger charge is 2.46. The molecule has 2 aliphatic heterocycles. The van der Waals surface area contributed by atoms with E-state index in [1.807, 2.05) is 12.1 Å². The van der Waals surface area contributed by atoms with Crippen molar-refractivity contribution in [3.63, 3.8) is 0 Å². The molecule has 2 saturated heterocycles. The summed E-state index contributed by atoms with van der Waals surface area (Å²) in [5.41, 5.74) is -0.121. The zero-order valence-electron chi connectivity index (χ0n) is 12.3. The first-order valence-corrected chi connectivity index (χ1v) is 7.55. The van der Waals surface area contributed by atoms with Crippen LogP contribution in [0.15, 0.2) is 43.1 Å². The van der Waals surface area contributed by atoms with Crippen LogP contribution in [-0.2, 0) is 4.74 Å². The lowest BCUT2D eigenvalue weighted by Gasteiger charge is -2.23. The Balaban J connectivity index is 1.40. The number of ether oxygens (including phenoxy) is 2. The van der Waals surface area contributed by atoms with Gasteiger partial charge in [-0.05, 0) is 18.6 Å². The second-order valence-corrected chi connectivity index (χ2v) is 5.86. The van der Waals surface area contributed by atoms with E-state index >= 15 is 0 Å². The molecule has 2 aromatic heterocycles. The van der Waals surface area contributed by atoms with Gasteiger partial charge in [0.15, 0.2) is 0 Å². The van der Waals surface area contributed by atoms with Gasteiger partial charge in [-0.1, -0.05) is 0 Å². The van der Waals surface area contributed by atoms with E-state index in [1.165, 1.54) is 0 Å². The van der Waals surface area contributed by atoms with E-state index in [0.29, 0.717) is 6.61 Å². The summed E-state index contributed by atoms with van der Waals surface area (Å²) >= 11 is 0. The second kappa shape index (κ2) is 5.53. The molecule has 0 N–H and O–H groups in total. The third kappa shape index (κ3) is 2.62. The number of hydrogen-bond acceptors (Lipinski definition) is 6. The molecule has 1 spiro atoms. The molecule has 0 aliphatic carbocycles. The lowest BCUT2D eigenvalue weighted by Crippen LogP contribution is -2.33. The quantitative estimate of drug-likeness (QED) is 0.859. The fourth-order valence-electron chi connectivity index (χ4n) is 3.27. The molecule has 6 nitrogen and oxygen atoms in total. The predicted molar refractivity (Wildman–Crippen MR) is 80.8 cm³/mol. The van der Waals surface area contributed by atoms with Crippen LogP contribution in [0, 0.1) is 0 Å². The summed E-state index contributed by atoms with van der Waals surface area (Å²) in [7, 11) is 0. The minimum absolute atomic E-state index is 0.0889. The van der Waals surface area contributed by atoms with Gasteiger partial charge in [0.1, 0.15) is 17.7 Å². The smallest absolute Gasteiger partial charge is 0.147 e. The number of nitrogens with zero attached hydrogens (tertiary/aromatic N) is 4. The first kappa shape index (κ1) is 13.5. The zero-order chi connectivity index (χ0) is 14.8. The largest absolute Gasteiger partial charge is 0.486 e. The molecule has 2 aromatic rings. The maximum Gasteiger partial charge on any atom is 0.147 e. The molecular formula is C16H18N4O2. The number of rotatable bonds is 3. The van der Waals surface area contributed by atoms with Crippen LogP contribution in [0.2, 0.25) is 0 Å². The van der Waals surface area contributed by atoms with Gasteiger partial charge in [0.2, 0.25) is 0 Å². The monoisotopic (exact) mass is 298 g/mol. The molecule has 0 unspecified atom stereocenters. The molecule has 0 aromatic carbocycles. The summed E-state index contributed by atoms with van der Waals surface area (Å²) in [6, 6.07) is 3.81. The van der Waals surface area contributed by atoms with Crippen LogP contribution in [-0.4, -0.2) is 46.4 Å². The topological polar surface area (TPSA) is 60.4 Å². The molecule has 4 rings (SSSR count). The van der Waals surface area contributed by atoms with Gasteiger partial charge in [-0.25, -0.2) is 4.98 Å². The average molecular weight is 298 g/mol. The van der Waals surface area contributed by atoms with Crippen molar-refractivity contribution in [2.24, 2.45) is 0 Å². The van der Waals surface area contributed by atoms with E-state index in [2.05, 4.69) is 19.9 Å². The molecule has 0 bridgehead atoms. The van der Waals surface area contributed by atoms with Crippen LogP contribution in [0.25, 0.3) is 0 Å². The van der Waals surface area contributed by atoms with Crippen molar-refractivity contribution >= 4 is 5.82 Å². The Bertz CT molecular complexity index is 625. The van der Waals surface area contributed by atoms with Gasteiger partial charge in [0.05, 0.1) is 24.6 Å². The highest BCUT2D eigenvalue weighted by Crippen LogP contribution is 2.37. The van der Waals surface area contributed by atoms with Crippen LogP contribution < -0.4 is 9.64 Å². The van der Waals surface area contributed by atoms with Crippen molar-refractivity contribution in [1.82, 2.24) is 15.0 Å². The minimum atomic E-state index is -0.121. The highest BCUT2D eigenvalue weighted by atomic mass is 16.6. The van der Waals surface area contributed by atoms with Gasteiger partial charge in [-0.15, -0.1) is 0 Å². The van der Waals surface area contributed by atoms with Crippen LogP contribution in [0.5, 0.6) is 5.75 Å². The molecular weight excluding hydrogens is 280 g/mol. The first-order valence-electron chi connectivity index (χ1n) is 7.55. The lowest BCUT2D eigenvalue weighted by atomic mass is 9.98. The van der Waals surface area contributed by atoms with E-state index < -0.39 is 0 Å². The van der Waals surface area contributed by atoms with E-state index in [4.69, 9.17) is 9.47 Å². The van der Waals surface area contributed by atoms with E-state index in [0.717, 1.165) is 37.5 Å². The molecule has 0 saturated carbocycles. The molecule has 2 fully saturated rings. The summed E-state index contributed by atoms with van der Waals surface area (Å²) in [6.45, 7) is 2.42. The van der Waals surface area contributed by atoms with E-state index in [1.54, 1.807) is 31.0 Å². The third-order valence-corrected chi connectivity index (χ3v) is 4.30. The van der Waals surface area contributed by atoms with E-state index in [9.17, 15) is 0 Å². The Morgan fingerprint density at radius 3 is 3.00 bits per heavy atom. The molecule has 2 atom stereocenters. The maximum absolute atomic E-state index is 6.10. The summed E-state index contributed by atoms with van der Waals surface area (Å²) in [6.07, 6.45) is 10.7. The number of pyridine rings is 1. The first-order chi connectivity index (χ1) is 10.8. The lowest BCUT2D eigenvalue weighted by molar-refractivity contribution is 0.0195. The standard InChI is InChI=1S/C16H18N4O2/c1-2-13(9-17-4-1)22-14-8-16(21-11-14)3-7-20(12-16)15-10-18-5-6-19-15/h1-2,4-6,9-10,14H,3,7-8,11-12H2/t14-,16+/m1/s1. The van der Waals surface area contributed by atoms with Crippen molar-refractivity contribution in [2.45, 2.75) is 24.5 Å². The van der Waals surface area contributed by atoms with Gasteiger partial charge in [0, 0.05) is 38.1 Å². The van der Waals surface area contributed by atoms with Gasteiger partial charge in [0.25, 0.3) is 0 Å². The van der Waals surface area contributed by atoms with Gasteiger partial charge in [-0.2, -0.15) is 0 Å². The Labute approximate surface area is 129 Å². The molecule has 4 heterocycles. The second-order valence-electron chi connectivity index (χ2n) is 5.86. The van der Waals surface area contributed by atoms with Crippen LogP contribution in [0.1, 0.15) is 12.8 Å². The fourth-order valence-corrected chi connectivity index (χ4v) is 3.27. The van der Waals surface area contributed by atoms with Crippen LogP contribution >= 0.6 is 0 Å². The SMILES string of the molecule is c1cncc(O[C@H]2CO[C@@]3(CCN(c4cnccn4)C3)C2)c1. The van der Waals surface area contributed by atoms with E-state index in [-0.39, 0.29) is 11.7 Å². The van der Waals surface area contributed by atoms with Crippen molar-refractivity contribution in [3.05, 3.63) is 43.1 Å². The Morgan fingerprint density at radius 1 is 1.23 bits per heavy atom. The van der Waals surface area contributed by atoms with Crippen molar-refractivity contribution in [3.8, 4) is 5.75 Å². The Hall–Kier alpha value is -2.21. The number of anilines is 1. The van der Waals surface area contributed by atoms with Crippen LogP contribution in [0.3, 0.4) is 0 Å². The molecule has 114 valence electrons. The maximum atomic E-state index is 6.10. The minimum Gasteiger partial charge on any atom is -0.486 e. The van der Waals surface area contributed by atoms with Gasteiger partial charge in [-0.3, -0.25) is 9.97 Å². The normalized spacial score (nSPS) is 27.5. The molecule has 22 heavy (non-hydrogen) atoms. The predicted octanol–water partition coefficient (Wildman–Crippen LogP) is 1.69. The van der Waals surface area contributed by atoms with Crippen molar-refractivity contribution in [2.75, 3.05) is 24.6 Å². The van der Waals surface area contributed by atoms with Gasteiger partial charge >= 0.3 is 0 Å². The van der Waals surface area contributed by atoms with Crippen LogP contribution in [0.4, 0.5) is 5.82 Å². The van der Waals surface area contributed by atoms with Crippen molar-refractivity contribution in [1.29, 1.82) is 0 Å². The van der Waals surface area contributed by atoms with Crippen molar-refractivity contribution < 1.29 is 9.47 Å². The number of hydrogen-bond donors (Lipinski definition) is 0. The summed E-state index contributed by atoms with van der Waals surface area (Å²) in [5.74, 6) is 1.72.